The van der Waals surface area contributed by atoms with Crippen molar-refractivity contribution in [3.63, 3.8) is 0 Å². The molecular formula is C23H28N4OS. The maximum Gasteiger partial charge on any atom is 0.262 e. The first-order valence-corrected chi connectivity index (χ1v) is 11.0. The lowest BCUT2D eigenvalue weighted by molar-refractivity contribution is 0.0941. The normalized spacial score (nSPS) is 17.7. The van der Waals surface area contributed by atoms with E-state index in [0.717, 1.165) is 28.8 Å². The lowest BCUT2D eigenvalue weighted by atomic mass is 9.71. The Morgan fingerprint density at radius 1 is 1.34 bits per heavy atom. The minimum absolute atomic E-state index is 0.125. The fourth-order valence-corrected chi connectivity index (χ4v) is 4.98. The van der Waals surface area contributed by atoms with Crippen molar-refractivity contribution in [3.8, 4) is 0 Å². The van der Waals surface area contributed by atoms with Crippen LogP contribution in [-0.2, 0) is 12.8 Å². The Labute approximate surface area is 175 Å². The predicted octanol–water partition coefficient (Wildman–Crippen LogP) is 4.27. The number of fused-ring (bicyclic) bond motifs is 2. The number of hydrogen-bond acceptors (Lipinski definition) is 5. The second-order valence-corrected chi connectivity index (χ2v) is 9.95. The molecule has 0 bridgehead atoms. The van der Waals surface area contributed by atoms with Crippen molar-refractivity contribution in [3.05, 3.63) is 58.4 Å². The van der Waals surface area contributed by atoms with Crippen molar-refractivity contribution >= 4 is 27.5 Å². The van der Waals surface area contributed by atoms with Crippen molar-refractivity contribution in [1.29, 1.82) is 0 Å². The molecule has 152 valence electrons. The number of aromatic nitrogens is 2. The molecule has 2 atom stereocenters. The molecule has 0 saturated carbocycles. The third-order valence-electron chi connectivity index (χ3n) is 5.91. The molecule has 0 fully saturated rings. The second-order valence-electron chi connectivity index (χ2n) is 8.92. The molecular weight excluding hydrogens is 380 g/mol. The molecule has 0 radical (unpaired) electrons. The molecule has 29 heavy (non-hydrogen) atoms. The number of rotatable bonds is 4. The first kappa shape index (κ1) is 20.0. The molecule has 3 heterocycles. The predicted molar refractivity (Wildman–Crippen MR) is 118 cm³/mol. The molecule has 0 spiro atoms. The Morgan fingerprint density at radius 2 is 2.17 bits per heavy atom. The third-order valence-corrected chi connectivity index (χ3v) is 6.95. The number of nitrogens with zero attached hydrogens (tertiary/aromatic N) is 2. The SMILES string of the molecule is CC(C)(C)[C@@H]1CCc2nc3sc(C(=O)N[C@H](CN)c4ccccn4)cc3cc2C1. The summed E-state index contributed by atoms with van der Waals surface area (Å²) in [6.45, 7) is 7.25. The van der Waals surface area contributed by atoms with Gasteiger partial charge in [-0.3, -0.25) is 9.78 Å². The summed E-state index contributed by atoms with van der Waals surface area (Å²) in [5.41, 5.74) is 9.47. The highest BCUT2D eigenvalue weighted by atomic mass is 32.1. The summed E-state index contributed by atoms with van der Waals surface area (Å²) in [6.07, 6.45) is 4.97. The summed E-state index contributed by atoms with van der Waals surface area (Å²) in [5.74, 6) is 0.541. The number of amides is 1. The van der Waals surface area contributed by atoms with Crippen molar-refractivity contribution in [2.24, 2.45) is 17.1 Å². The van der Waals surface area contributed by atoms with Crippen molar-refractivity contribution in [1.82, 2.24) is 15.3 Å². The van der Waals surface area contributed by atoms with E-state index >= 15 is 0 Å². The lowest BCUT2D eigenvalue weighted by Crippen LogP contribution is -2.33. The number of thiophene rings is 1. The molecule has 0 unspecified atom stereocenters. The maximum atomic E-state index is 12.8. The first-order chi connectivity index (χ1) is 13.8. The molecule has 6 heteroatoms. The van der Waals surface area contributed by atoms with Crippen LogP contribution in [-0.4, -0.2) is 22.4 Å². The van der Waals surface area contributed by atoms with E-state index in [4.69, 9.17) is 10.7 Å². The number of nitrogens with two attached hydrogens (primary N) is 1. The van der Waals surface area contributed by atoms with Gasteiger partial charge in [-0.05, 0) is 60.4 Å². The van der Waals surface area contributed by atoms with Gasteiger partial charge in [0.05, 0.1) is 16.6 Å². The van der Waals surface area contributed by atoms with Gasteiger partial charge in [0.1, 0.15) is 4.83 Å². The molecule has 1 aliphatic carbocycles. The Balaban J connectivity index is 1.57. The Bertz CT molecular complexity index is 1020. The molecule has 3 aromatic heterocycles. The second kappa shape index (κ2) is 7.84. The van der Waals surface area contributed by atoms with Gasteiger partial charge in [-0.1, -0.05) is 26.8 Å². The Hall–Kier alpha value is -2.31. The molecule has 1 aliphatic rings. The van der Waals surface area contributed by atoms with Gasteiger partial charge in [-0.25, -0.2) is 4.98 Å². The molecule has 1 amide bonds. The number of hydrogen-bond donors (Lipinski definition) is 2. The van der Waals surface area contributed by atoms with Crippen LogP contribution >= 0.6 is 11.3 Å². The van der Waals surface area contributed by atoms with Crippen LogP contribution in [0.3, 0.4) is 0 Å². The van der Waals surface area contributed by atoms with E-state index in [2.05, 4.69) is 37.1 Å². The van der Waals surface area contributed by atoms with E-state index < -0.39 is 0 Å². The van der Waals surface area contributed by atoms with Crippen LogP contribution < -0.4 is 11.1 Å². The van der Waals surface area contributed by atoms with Crippen LogP contribution in [0.4, 0.5) is 0 Å². The average Bonchev–Trinajstić information content (AvgIpc) is 3.12. The van der Waals surface area contributed by atoms with Gasteiger partial charge < -0.3 is 11.1 Å². The fraction of sp³-hybridized carbons (Fsp3) is 0.435. The van der Waals surface area contributed by atoms with E-state index in [-0.39, 0.29) is 11.9 Å². The zero-order valence-corrected chi connectivity index (χ0v) is 18.1. The molecule has 4 rings (SSSR count). The molecule has 5 nitrogen and oxygen atoms in total. The third kappa shape index (κ3) is 4.19. The number of pyridine rings is 2. The van der Waals surface area contributed by atoms with Crippen LogP contribution in [0.5, 0.6) is 0 Å². The van der Waals surface area contributed by atoms with Crippen molar-refractivity contribution in [2.75, 3.05) is 6.54 Å². The molecule has 0 aromatic carbocycles. The van der Waals surface area contributed by atoms with Crippen LogP contribution in [0.1, 0.15) is 59.9 Å². The fourth-order valence-electron chi connectivity index (χ4n) is 4.04. The van der Waals surface area contributed by atoms with Crippen LogP contribution in [0, 0.1) is 11.3 Å². The summed E-state index contributed by atoms with van der Waals surface area (Å²) in [5, 5.41) is 4.06. The number of aryl methyl sites for hydroxylation is 1. The highest BCUT2D eigenvalue weighted by Gasteiger charge is 2.29. The zero-order chi connectivity index (χ0) is 20.6. The standard InChI is InChI=1S/C23H28N4OS/c1-23(2,3)16-7-8-17-14(11-16)10-15-12-20(29-22(15)27-17)21(28)26-19(13-24)18-6-4-5-9-25-18/h4-6,9-10,12,16,19H,7-8,11,13,24H2,1-3H3,(H,26,28)/t16-,19-/m1/s1. The van der Waals surface area contributed by atoms with Crippen LogP contribution in [0.15, 0.2) is 36.5 Å². The number of carbonyl (C=O) groups is 1. The van der Waals surface area contributed by atoms with Gasteiger partial charge in [0, 0.05) is 23.8 Å². The number of nitrogens with one attached hydrogen (secondary N) is 1. The summed E-state index contributed by atoms with van der Waals surface area (Å²) in [7, 11) is 0. The summed E-state index contributed by atoms with van der Waals surface area (Å²) >= 11 is 1.45. The highest BCUT2D eigenvalue weighted by Crippen LogP contribution is 2.38. The monoisotopic (exact) mass is 408 g/mol. The maximum absolute atomic E-state index is 12.8. The summed E-state index contributed by atoms with van der Waals surface area (Å²) in [6, 6.07) is 9.52. The minimum Gasteiger partial charge on any atom is -0.342 e. The van der Waals surface area contributed by atoms with Gasteiger partial charge >= 0.3 is 0 Å². The smallest absolute Gasteiger partial charge is 0.262 e. The van der Waals surface area contributed by atoms with Gasteiger partial charge in [0.15, 0.2) is 0 Å². The van der Waals surface area contributed by atoms with Gasteiger partial charge in [0.25, 0.3) is 5.91 Å². The van der Waals surface area contributed by atoms with E-state index in [1.165, 1.54) is 29.0 Å². The Kier molecular flexibility index (Phi) is 5.40. The van der Waals surface area contributed by atoms with Crippen molar-refractivity contribution < 1.29 is 4.79 Å². The minimum atomic E-state index is -0.303. The van der Waals surface area contributed by atoms with E-state index in [1.54, 1.807) is 6.20 Å². The summed E-state index contributed by atoms with van der Waals surface area (Å²) < 4.78 is 0. The number of carbonyl (C=O) groups excluding carboxylic acids is 1. The van der Waals surface area contributed by atoms with Gasteiger partial charge in [-0.15, -0.1) is 11.3 Å². The van der Waals surface area contributed by atoms with E-state index in [0.29, 0.717) is 22.8 Å². The van der Waals surface area contributed by atoms with Crippen molar-refractivity contribution in [2.45, 2.75) is 46.1 Å². The quantitative estimate of drug-likeness (QED) is 0.675. The summed E-state index contributed by atoms with van der Waals surface area (Å²) in [4.78, 5) is 23.7. The topological polar surface area (TPSA) is 80.9 Å². The molecule has 3 N–H and O–H groups in total. The van der Waals surface area contributed by atoms with Gasteiger partial charge in [-0.2, -0.15) is 0 Å². The largest absolute Gasteiger partial charge is 0.342 e. The van der Waals surface area contributed by atoms with Crippen LogP contribution in [0.25, 0.3) is 10.2 Å². The Morgan fingerprint density at radius 3 is 2.86 bits per heavy atom. The molecule has 0 aliphatic heterocycles. The average molecular weight is 409 g/mol. The van der Waals surface area contributed by atoms with Gasteiger partial charge in [0.2, 0.25) is 0 Å². The highest BCUT2D eigenvalue weighted by molar-refractivity contribution is 7.20. The van der Waals surface area contributed by atoms with E-state index in [1.807, 2.05) is 24.3 Å². The molecule has 0 saturated heterocycles. The zero-order valence-electron chi connectivity index (χ0n) is 17.2. The molecule has 3 aromatic rings. The first-order valence-electron chi connectivity index (χ1n) is 10.2. The van der Waals surface area contributed by atoms with E-state index in [9.17, 15) is 4.79 Å². The van der Waals surface area contributed by atoms with Crippen LogP contribution in [0.2, 0.25) is 0 Å². The lowest BCUT2D eigenvalue weighted by Gasteiger charge is -2.34.